The number of rotatable bonds is 4. The normalized spacial score (nSPS) is 24.6. The zero-order valence-electron chi connectivity index (χ0n) is 10.4. The smallest absolute Gasteiger partial charge is 0.0713 e. The van der Waals surface area contributed by atoms with Crippen LogP contribution >= 0.6 is 0 Å². The van der Waals surface area contributed by atoms with Crippen molar-refractivity contribution in [2.75, 3.05) is 12.4 Å². The lowest BCUT2D eigenvalue weighted by Gasteiger charge is -2.27. The van der Waals surface area contributed by atoms with Crippen molar-refractivity contribution in [2.45, 2.75) is 44.4 Å². The molecule has 1 aliphatic rings. The lowest BCUT2D eigenvalue weighted by Crippen LogP contribution is -2.28. The van der Waals surface area contributed by atoms with Crippen LogP contribution in [-0.4, -0.2) is 24.4 Å². The van der Waals surface area contributed by atoms with Crippen LogP contribution in [0, 0.1) is 0 Å². The predicted octanol–water partition coefficient (Wildman–Crippen LogP) is 2.55. The van der Waals surface area contributed by atoms with Gasteiger partial charge in [-0.25, -0.2) is 0 Å². The maximum atomic E-state index is 9.45. The summed E-state index contributed by atoms with van der Waals surface area (Å²) in [6.07, 6.45) is 3.86. The van der Waals surface area contributed by atoms with Gasteiger partial charge in [-0.1, -0.05) is 12.1 Å². The van der Waals surface area contributed by atoms with E-state index in [1.807, 2.05) is 0 Å². The molecule has 0 amide bonds. The molecule has 0 spiro atoms. The van der Waals surface area contributed by atoms with Gasteiger partial charge in [0.05, 0.1) is 12.7 Å². The molecule has 0 radical (unpaired) electrons. The first-order valence-corrected chi connectivity index (χ1v) is 6.30. The highest BCUT2D eigenvalue weighted by Gasteiger charge is 2.18. The molecule has 94 valence electrons. The molecule has 1 aromatic carbocycles. The summed E-state index contributed by atoms with van der Waals surface area (Å²) in [6, 6.07) is 8.87. The van der Waals surface area contributed by atoms with Crippen LogP contribution in [0.1, 0.15) is 31.2 Å². The fraction of sp³-hybridized carbons (Fsp3) is 0.571. The second-order valence-electron chi connectivity index (χ2n) is 4.78. The fourth-order valence-electron chi connectivity index (χ4n) is 2.32. The number of methoxy groups -OCH3 is 1. The summed E-state index contributed by atoms with van der Waals surface area (Å²) in [7, 11) is 1.71. The number of hydrogen-bond donors (Lipinski definition) is 2. The van der Waals surface area contributed by atoms with E-state index in [9.17, 15) is 5.11 Å². The van der Waals surface area contributed by atoms with Gasteiger partial charge in [0.1, 0.15) is 0 Å². The zero-order valence-corrected chi connectivity index (χ0v) is 10.4. The summed E-state index contributed by atoms with van der Waals surface area (Å²) in [4.78, 5) is 0. The number of nitrogens with one attached hydrogen (secondary N) is 1. The lowest BCUT2D eigenvalue weighted by atomic mass is 9.93. The van der Waals surface area contributed by atoms with Crippen molar-refractivity contribution in [1.29, 1.82) is 0 Å². The fourth-order valence-corrected chi connectivity index (χ4v) is 2.32. The molecule has 2 rings (SSSR count). The van der Waals surface area contributed by atoms with E-state index in [-0.39, 0.29) is 6.10 Å². The van der Waals surface area contributed by atoms with E-state index in [0.29, 0.717) is 12.6 Å². The largest absolute Gasteiger partial charge is 0.393 e. The molecule has 2 N–H and O–H groups in total. The van der Waals surface area contributed by atoms with Crippen LogP contribution in [0.4, 0.5) is 5.69 Å². The van der Waals surface area contributed by atoms with Crippen LogP contribution in [0.3, 0.4) is 0 Å². The van der Waals surface area contributed by atoms with Crippen molar-refractivity contribution in [2.24, 2.45) is 0 Å². The van der Waals surface area contributed by atoms with Crippen molar-refractivity contribution in [3.63, 3.8) is 0 Å². The van der Waals surface area contributed by atoms with Gasteiger partial charge < -0.3 is 15.2 Å². The molecule has 0 heterocycles. The highest BCUT2D eigenvalue weighted by atomic mass is 16.5. The van der Waals surface area contributed by atoms with Crippen molar-refractivity contribution in [3.8, 4) is 0 Å². The molecule has 1 aromatic rings. The van der Waals surface area contributed by atoms with E-state index < -0.39 is 0 Å². The minimum atomic E-state index is -0.0860. The SMILES string of the molecule is COCc1ccc(NC2CCC(O)CC2)cc1. The minimum absolute atomic E-state index is 0.0860. The summed E-state index contributed by atoms with van der Waals surface area (Å²) in [5.41, 5.74) is 2.35. The van der Waals surface area contributed by atoms with Gasteiger partial charge in [-0.15, -0.1) is 0 Å². The molecule has 17 heavy (non-hydrogen) atoms. The number of benzene rings is 1. The van der Waals surface area contributed by atoms with Gasteiger partial charge in [0.25, 0.3) is 0 Å². The van der Waals surface area contributed by atoms with Crippen molar-refractivity contribution in [1.82, 2.24) is 0 Å². The number of aliphatic hydroxyl groups is 1. The van der Waals surface area contributed by atoms with E-state index >= 15 is 0 Å². The number of aliphatic hydroxyl groups excluding tert-OH is 1. The first-order chi connectivity index (χ1) is 8.28. The first kappa shape index (κ1) is 12.4. The third kappa shape index (κ3) is 3.72. The summed E-state index contributed by atoms with van der Waals surface area (Å²) < 4.78 is 5.08. The van der Waals surface area contributed by atoms with Crippen LogP contribution in [0.15, 0.2) is 24.3 Å². The second kappa shape index (κ2) is 6.03. The van der Waals surface area contributed by atoms with Gasteiger partial charge in [-0.05, 0) is 43.4 Å². The standard InChI is InChI=1S/C14H21NO2/c1-17-10-11-2-4-12(5-3-11)15-13-6-8-14(16)9-7-13/h2-5,13-16H,6-10H2,1H3. The zero-order chi connectivity index (χ0) is 12.1. The summed E-state index contributed by atoms with van der Waals surface area (Å²) in [6.45, 7) is 0.663. The molecule has 3 nitrogen and oxygen atoms in total. The van der Waals surface area contributed by atoms with Gasteiger partial charge in [-0.2, -0.15) is 0 Å². The molecular weight excluding hydrogens is 214 g/mol. The van der Waals surface area contributed by atoms with E-state index in [1.54, 1.807) is 7.11 Å². The average molecular weight is 235 g/mol. The molecule has 1 fully saturated rings. The molecule has 0 unspecified atom stereocenters. The van der Waals surface area contributed by atoms with Gasteiger partial charge in [-0.3, -0.25) is 0 Å². The van der Waals surface area contributed by atoms with Crippen LogP contribution in [0.25, 0.3) is 0 Å². The van der Waals surface area contributed by atoms with Gasteiger partial charge in [0.2, 0.25) is 0 Å². The Morgan fingerprint density at radius 3 is 2.41 bits per heavy atom. The van der Waals surface area contributed by atoms with Crippen molar-refractivity contribution in [3.05, 3.63) is 29.8 Å². The quantitative estimate of drug-likeness (QED) is 0.842. The Bertz CT molecular complexity index is 329. The third-order valence-corrected chi connectivity index (χ3v) is 3.33. The number of ether oxygens (including phenoxy) is 1. The Kier molecular flexibility index (Phi) is 4.40. The molecular formula is C14H21NO2. The van der Waals surface area contributed by atoms with Crippen LogP contribution in [0.5, 0.6) is 0 Å². The van der Waals surface area contributed by atoms with Crippen molar-refractivity contribution >= 4 is 5.69 Å². The third-order valence-electron chi connectivity index (χ3n) is 3.33. The van der Waals surface area contributed by atoms with Crippen LogP contribution in [-0.2, 0) is 11.3 Å². The van der Waals surface area contributed by atoms with E-state index in [4.69, 9.17) is 4.74 Å². The molecule has 0 bridgehead atoms. The van der Waals surface area contributed by atoms with Gasteiger partial charge in [0.15, 0.2) is 0 Å². The Morgan fingerprint density at radius 2 is 1.82 bits per heavy atom. The molecule has 0 saturated heterocycles. The molecule has 3 heteroatoms. The highest BCUT2D eigenvalue weighted by Crippen LogP contribution is 2.22. The molecule has 0 aliphatic heterocycles. The van der Waals surface area contributed by atoms with Crippen LogP contribution < -0.4 is 5.32 Å². The highest BCUT2D eigenvalue weighted by molar-refractivity contribution is 5.45. The van der Waals surface area contributed by atoms with E-state index in [2.05, 4.69) is 29.6 Å². The molecule has 1 saturated carbocycles. The predicted molar refractivity (Wildman–Crippen MR) is 69.0 cm³/mol. The number of anilines is 1. The molecule has 1 aliphatic carbocycles. The Morgan fingerprint density at radius 1 is 1.18 bits per heavy atom. The van der Waals surface area contributed by atoms with E-state index in [1.165, 1.54) is 5.56 Å². The monoisotopic (exact) mass is 235 g/mol. The maximum absolute atomic E-state index is 9.45. The summed E-state index contributed by atoms with van der Waals surface area (Å²) >= 11 is 0. The Hall–Kier alpha value is -1.06. The van der Waals surface area contributed by atoms with Crippen LogP contribution in [0.2, 0.25) is 0 Å². The molecule has 0 aromatic heterocycles. The van der Waals surface area contributed by atoms with Gasteiger partial charge >= 0.3 is 0 Å². The van der Waals surface area contributed by atoms with Crippen molar-refractivity contribution < 1.29 is 9.84 Å². The summed E-state index contributed by atoms with van der Waals surface area (Å²) in [5.74, 6) is 0. The van der Waals surface area contributed by atoms with Gasteiger partial charge in [0, 0.05) is 18.8 Å². The maximum Gasteiger partial charge on any atom is 0.0713 e. The lowest BCUT2D eigenvalue weighted by molar-refractivity contribution is 0.126. The first-order valence-electron chi connectivity index (χ1n) is 6.30. The minimum Gasteiger partial charge on any atom is -0.393 e. The Labute approximate surface area is 103 Å². The van der Waals surface area contributed by atoms with E-state index in [0.717, 1.165) is 31.4 Å². The topological polar surface area (TPSA) is 41.5 Å². The average Bonchev–Trinajstić information content (AvgIpc) is 2.35. The second-order valence-corrected chi connectivity index (χ2v) is 4.78. The summed E-state index contributed by atoms with van der Waals surface area (Å²) in [5, 5.41) is 13.0. The molecule has 0 atom stereocenters. The Balaban J connectivity index is 1.86. The number of hydrogen-bond acceptors (Lipinski definition) is 3.